The van der Waals surface area contributed by atoms with Crippen molar-refractivity contribution >= 4 is 11.9 Å². The van der Waals surface area contributed by atoms with Crippen LogP contribution in [0.15, 0.2) is 0 Å². The minimum absolute atomic E-state index is 0.00910. The minimum Gasteiger partial charge on any atom is -0.462 e. The molecule has 5 nitrogen and oxygen atoms in total. The lowest BCUT2D eigenvalue weighted by Crippen LogP contribution is -2.43. The van der Waals surface area contributed by atoms with Crippen molar-refractivity contribution in [3.8, 4) is 0 Å². The Kier molecular flexibility index (Phi) is 6.52. The van der Waals surface area contributed by atoms with Crippen molar-refractivity contribution < 1.29 is 23.8 Å². The van der Waals surface area contributed by atoms with Gasteiger partial charge in [-0.1, -0.05) is 53.9 Å². The van der Waals surface area contributed by atoms with Gasteiger partial charge in [0, 0.05) is 0 Å². The average Bonchev–Trinajstić information content (AvgIpc) is 3.40. The summed E-state index contributed by atoms with van der Waals surface area (Å²) in [4.78, 5) is 26.7. The molecule has 0 N–H and O–H groups in total. The highest BCUT2D eigenvalue weighted by Gasteiger charge is 2.70. The number of rotatable bonds is 8. The fraction of sp³-hybridized carbons (Fsp3) is 0.938. The van der Waals surface area contributed by atoms with Crippen LogP contribution in [-0.2, 0) is 23.8 Å². The van der Waals surface area contributed by atoms with E-state index in [0.29, 0.717) is 35.5 Å². The highest BCUT2D eigenvalue weighted by atomic mass is 16.7. The summed E-state index contributed by atoms with van der Waals surface area (Å²) in [5.74, 6) is 4.06. The van der Waals surface area contributed by atoms with E-state index in [9.17, 15) is 9.59 Å². The van der Waals surface area contributed by atoms with Crippen LogP contribution in [0.1, 0.15) is 105 Å². The number of ether oxygens (including phenoxy) is 3. The first kappa shape index (κ1) is 26.1. The topological polar surface area (TPSA) is 61.8 Å². The van der Waals surface area contributed by atoms with Gasteiger partial charge in [0.1, 0.15) is 6.10 Å². The zero-order chi connectivity index (χ0) is 26.2. The smallest absolute Gasteiger partial charge is 0.312 e. The Morgan fingerprint density at radius 2 is 1.57 bits per heavy atom. The summed E-state index contributed by atoms with van der Waals surface area (Å²) in [6, 6.07) is 0. The molecule has 0 spiro atoms. The van der Waals surface area contributed by atoms with Gasteiger partial charge in [0.15, 0.2) is 6.79 Å². The van der Waals surface area contributed by atoms with E-state index in [0.717, 1.165) is 44.6 Å². The molecule has 5 heteroatoms. The molecule has 0 amide bonds. The van der Waals surface area contributed by atoms with Crippen LogP contribution in [0.5, 0.6) is 0 Å². The van der Waals surface area contributed by atoms with Gasteiger partial charge in [0.05, 0.1) is 17.9 Å². The molecule has 9 atom stereocenters. The highest BCUT2D eigenvalue weighted by molar-refractivity contribution is 5.82. The molecule has 0 aromatic heterocycles. The first-order chi connectivity index (χ1) is 17.5. The van der Waals surface area contributed by atoms with Gasteiger partial charge in [-0.2, -0.15) is 0 Å². The number of carbonyl (C=O) groups is 2. The van der Waals surface area contributed by atoms with Crippen molar-refractivity contribution in [2.45, 2.75) is 111 Å². The zero-order valence-electron chi connectivity index (χ0n) is 23.9. The van der Waals surface area contributed by atoms with E-state index in [4.69, 9.17) is 14.2 Å². The zero-order valence-corrected chi connectivity index (χ0v) is 23.9. The molecule has 6 saturated carbocycles. The van der Waals surface area contributed by atoms with Crippen LogP contribution in [-0.4, -0.2) is 31.4 Å². The molecule has 0 saturated heterocycles. The van der Waals surface area contributed by atoms with Crippen LogP contribution in [0.2, 0.25) is 0 Å². The number of carbonyl (C=O) groups excluding carboxylic acids is 2. The van der Waals surface area contributed by atoms with Gasteiger partial charge in [-0.3, -0.25) is 9.59 Å². The van der Waals surface area contributed by atoms with Gasteiger partial charge < -0.3 is 14.2 Å². The van der Waals surface area contributed by atoms with Gasteiger partial charge in [-0.25, -0.2) is 0 Å². The monoisotopic (exact) mass is 514 g/mol. The Labute approximate surface area is 224 Å². The van der Waals surface area contributed by atoms with E-state index in [1.54, 1.807) is 0 Å². The third-order valence-electron chi connectivity index (χ3n) is 11.8. The molecule has 0 heterocycles. The van der Waals surface area contributed by atoms with E-state index < -0.39 is 0 Å². The third-order valence-corrected chi connectivity index (χ3v) is 11.8. The third kappa shape index (κ3) is 4.57. The molecule has 0 aromatic carbocycles. The Hall–Kier alpha value is -1.10. The maximum Gasteiger partial charge on any atom is 0.312 e. The molecular weight excluding hydrogens is 464 g/mol. The molecule has 0 radical (unpaired) electrons. The number of fused-ring (bicyclic) bond motifs is 9. The Bertz CT molecular complexity index is 897. The lowest BCUT2D eigenvalue weighted by atomic mass is 9.66. The fourth-order valence-corrected chi connectivity index (χ4v) is 10.3. The second-order valence-corrected chi connectivity index (χ2v) is 15.8. The summed E-state index contributed by atoms with van der Waals surface area (Å²) >= 11 is 0. The van der Waals surface area contributed by atoms with Crippen molar-refractivity contribution in [2.24, 2.45) is 63.6 Å². The summed E-state index contributed by atoms with van der Waals surface area (Å²) in [6.45, 7) is 12.0. The second kappa shape index (κ2) is 9.24. The van der Waals surface area contributed by atoms with Crippen LogP contribution in [0.4, 0.5) is 0 Å². The van der Waals surface area contributed by atoms with Crippen molar-refractivity contribution in [2.75, 3.05) is 13.4 Å². The van der Waals surface area contributed by atoms with Crippen molar-refractivity contribution in [1.82, 2.24) is 0 Å². The second-order valence-electron chi connectivity index (χ2n) is 15.8. The van der Waals surface area contributed by atoms with E-state index in [2.05, 4.69) is 34.6 Å². The van der Waals surface area contributed by atoms with Gasteiger partial charge in [-0.15, -0.1) is 0 Å². The maximum absolute atomic E-state index is 13.6. The summed E-state index contributed by atoms with van der Waals surface area (Å²) < 4.78 is 17.9. The number of esters is 2. The molecule has 0 aromatic rings. The lowest BCUT2D eigenvalue weighted by Gasteiger charge is -2.41. The quantitative estimate of drug-likeness (QED) is 0.155. The summed E-state index contributed by atoms with van der Waals surface area (Å²) in [5, 5.41) is 0. The Morgan fingerprint density at radius 3 is 2.24 bits per heavy atom. The molecule has 208 valence electrons. The first-order valence-electron chi connectivity index (χ1n) is 15.4. The van der Waals surface area contributed by atoms with Crippen LogP contribution in [0.3, 0.4) is 0 Å². The molecule has 6 fully saturated rings. The van der Waals surface area contributed by atoms with Crippen LogP contribution in [0, 0.1) is 63.6 Å². The fourth-order valence-electron chi connectivity index (χ4n) is 10.3. The minimum atomic E-state index is -0.328. The molecule has 6 aliphatic rings. The van der Waals surface area contributed by atoms with E-state index in [1.807, 2.05) is 0 Å². The van der Waals surface area contributed by atoms with Crippen LogP contribution < -0.4 is 0 Å². The van der Waals surface area contributed by atoms with Crippen molar-refractivity contribution in [3.05, 3.63) is 0 Å². The van der Waals surface area contributed by atoms with Gasteiger partial charge in [0.2, 0.25) is 0 Å². The number of hydrogen-bond acceptors (Lipinski definition) is 5. The Balaban J connectivity index is 1.04. The predicted molar refractivity (Wildman–Crippen MR) is 141 cm³/mol. The average molecular weight is 515 g/mol. The summed E-state index contributed by atoms with van der Waals surface area (Å²) in [5.41, 5.74) is -0.201. The predicted octanol–water partition coefficient (Wildman–Crippen LogP) is 6.78. The highest BCUT2D eigenvalue weighted by Crippen LogP contribution is 2.71. The molecule has 6 rings (SSSR count). The van der Waals surface area contributed by atoms with Gasteiger partial charge in [-0.05, 0) is 104 Å². The van der Waals surface area contributed by atoms with E-state index >= 15 is 0 Å². The standard InChI is InChI=1S/C32H50O5/c1-30(2,3)16-32(17-31(32,4)5)29(34)37-25-14-21-13-24(25)27-22-11-20(26(21)27)12-23(22)28(33)36-18-35-15-19-9-7-6-8-10-19/h19-27H,6-18H2,1-5H3. The van der Waals surface area contributed by atoms with Gasteiger partial charge in [0.25, 0.3) is 0 Å². The Morgan fingerprint density at radius 1 is 0.892 bits per heavy atom. The maximum atomic E-state index is 13.6. The van der Waals surface area contributed by atoms with Crippen molar-refractivity contribution in [1.29, 1.82) is 0 Å². The van der Waals surface area contributed by atoms with Crippen LogP contribution >= 0.6 is 0 Å². The summed E-state index contributed by atoms with van der Waals surface area (Å²) in [6.07, 6.45) is 12.7. The van der Waals surface area contributed by atoms with E-state index in [-0.39, 0.29) is 47.0 Å². The normalized spacial score (nSPS) is 43.6. The molecule has 37 heavy (non-hydrogen) atoms. The first-order valence-corrected chi connectivity index (χ1v) is 15.4. The molecule has 4 bridgehead atoms. The van der Waals surface area contributed by atoms with Gasteiger partial charge >= 0.3 is 11.9 Å². The number of hydrogen-bond donors (Lipinski definition) is 0. The summed E-state index contributed by atoms with van der Waals surface area (Å²) in [7, 11) is 0. The molecule has 0 aliphatic heterocycles. The lowest BCUT2D eigenvalue weighted by molar-refractivity contribution is -0.170. The van der Waals surface area contributed by atoms with E-state index in [1.165, 1.54) is 38.5 Å². The van der Waals surface area contributed by atoms with Crippen LogP contribution in [0.25, 0.3) is 0 Å². The molecule has 6 aliphatic carbocycles. The SMILES string of the molecule is CC(C)(C)CC1(C(=O)OC2CC3CC2C2C4CC(CC4C(=O)OCOCC4CCCCC4)C32)CC1(C)C. The largest absolute Gasteiger partial charge is 0.462 e. The van der Waals surface area contributed by atoms with Crippen molar-refractivity contribution in [3.63, 3.8) is 0 Å². The molecule has 9 unspecified atom stereocenters. The molecular formula is C32H50O5.